The molecule has 220 valence electrons. The van der Waals surface area contributed by atoms with E-state index in [1.54, 1.807) is 45.2 Å². The third-order valence-electron chi connectivity index (χ3n) is 6.94. The van der Waals surface area contributed by atoms with Crippen molar-refractivity contribution in [2.45, 2.75) is 49.2 Å². The molecule has 2 heterocycles. The summed E-state index contributed by atoms with van der Waals surface area (Å²) in [5, 5.41) is 9.43. The Morgan fingerprint density at radius 1 is 0.976 bits per heavy atom. The van der Waals surface area contributed by atoms with Crippen LogP contribution in [0.1, 0.15) is 25.0 Å². The van der Waals surface area contributed by atoms with Crippen LogP contribution in [0.5, 0.6) is 5.75 Å². The molecule has 0 spiro atoms. The molecule has 0 amide bonds. The molecular formula is C31H34ClN5O4S. The van der Waals surface area contributed by atoms with Crippen LogP contribution in [0.2, 0.25) is 5.02 Å². The lowest BCUT2D eigenvalue weighted by molar-refractivity contribution is 0.345. The molecule has 1 fully saturated rings. The van der Waals surface area contributed by atoms with Crippen LogP contribution in [0.25, 0.3) is 0 Å². The lowest BCUT2D eigenvalue weighted by atomic mass is 10.1. The second kappa shape index (κ2) is 13.1. The summed E-state index contributed by atoms with van der Waals surface area (Å²) in [7, 11) is -1.94. The number of epoxide rings is 1. The zero-order valence-electron chi connectivity index (χ0n) is 23.7. The number of anilines is 4. The van der Waals surface area contributed by atoms with Gasteiger partial charge >= 0.3 is 0 Å². The minimum atomic E-state index is -3.53. The lowest BCUT2D eigenvalue weighted by Crippen LogP contribution is -2.23. The summed E-state index contributed by atoms with van der Waals surface area (Å²) in [5.41, 5.74) is 3.43. The number of hydrogen-bond acceptors (Lipinski definition) is 9. The van der Waals surface area contributed by atoms with E-state index in [0.29, 0.717) is 17.1 Å². The van der Waals surface area contributed by atoms with E-state index >= 15 is 0 Å². The zero-order chi connectivity index (χ0) is 29.7. The Labute approximate surface area is 251 Å². The number of rotatable bonds is 13. The Hall–Kier alpha value is -3.70. The molecule has 4 aromatic rings. The lowest BCUT2D eigenvalue weighted by Gasteiger charge is -2.16. The molecule has 1 saturated heterocycles. The molecule has 0 bridgehead atoms. The fraction of sp³-hybridized carbons (Fsp3) is 0.290. The average Bonchev–Trinajstić information content (AvgIpc) is 3.72. The fourth-order valence-corrected chi connectivity index (χ4v) is 5.87. The van der Waals surface area contributed by atoms with Gasteiger partial charge in [-0.05, 0) is 55.7 Å². The van der Waals surface area contributed by atoms with Crippen molar-refractivity contribution in [1.29, 1.82) is 0 Å². The van der Waals surface area contributed by atoms with Gasteiger partial charge in [0.05, 0.1) is 34.8 Å². The number of para-hydroxylation sites is 1. The van der Waals surface area contributed by atoms with Gasteiger partial charge in [-0.3, -0.25) is 5.32 Å². The summed E-state index contributed by atoms with van der Waals surface area (Å²) in [6.07, 6.45) is 3.40. The highest BCUT2D eigenvalue weighted by Crippen LogP contribution is 2.32. The monoisotopic (exact) mass is 607 g/mol. The van der Waals surface area contributed by atoms with Crippen molar-refractivity contribution in [1.82, 2.24) is 15.3 Å². The van der Waals surface area contributed by atoms with Crippen molar-refractivity contribution >= 4 is 44.6 Å². The van der Waals surface area contributed by atoms with Crippen LogP contribution in [-0.4, -0.2) is 49.6 Å². The average molecular weight is 608 g/mol. The first kappa shape index (κ1) is 29.8. The number of sulfone groups is 1. The molecule has 1 aliphatic heterocycles. The van der Waals surface area contributed by atoms with Crippen molar-refractivity contribution in [3.63, 3.8) is 0 Å². The number of aromatic nitrogens is 2. The molecular weight excluding hydrogens is 574 g/mol. The molecule has 9 nitrogen and oxygen atoms in total. The fourth-order valence-electron chi connectivity index (χ4n) is 4.53. The van der Waals surface area contributed by atoms with Crippen LogP contribution < -0.4 is 20.7 Å². The van der Waals surface area contributed by atoms with Gasteiger partial charge < -0.3 is 20.1 Å². The van der Waals surface area contributed by atoms with Gasteiger partial charge in [-0.2, -0.15) is 4.98 Å². The number of benzene rings is 3. The van der Waals surface area contributed by atoms with E-state index in [1.807, 2.05) is 36.4 Å². The molecule has 1 aromatic heterocycles. The van der Waals surface area contributed by atoms with E-state index in [2.05, 4.69) is 38.1 Å². The van der Waals surface area contributed by atoms with E-state index < -0.39 is 15.1 Å². The SMILES string of the molecule is COc1ccc(CCNC2OC2Cc2ccccc2)cc1Nc1ncc(Cl)c(Nc2ccccc2S(=O)(=O)C(C)C)n1. The molecule has 5 rings (SSSR count). The van der Waals surface area contributed by atoms with Crippen LogP contribution in [0.15, 0.2) is 83.9 Å². The number of nitrogens with zero attached hydrogens (tertiary/aromatic N) is 2. The summed E-state index contributed by atoms with van der Waals surface area (Å²) in [5.74, 6) is 1.17. The topological polar surface area (TPSA) is 118 Å². The normalized spacial score (nSPS) is 16.3. The molecule has 3 N–H and O–H groups in total. The molecule has 1 aliphatic rings. The van der Waals surface area contributed by atoms with Crippen LogP contribution in [0.4, 0.5) is 23.1 Å². The predicted molar refractivity (Wildman–Crippen MR) is 166 cm³/mol. The first-order chi connectivity index (χ1) is 20.2. The van der Waals surface area contributed by atoms with Crippen LogP contribution in [-0.2, 0) is 27.4 Å². The molecule has 2 atom stereocenters. The Balaban J connectivity index is 1.25. The van der Waals surface area contributed by atoms with Crippen molar-refractivity contribution < 1.29 is 17.9 Å². The van der Waals surface area contributed by atoms with Gasteiger partial charge in [0.15, 0.2) is 15.7 Å². The highest BCUT2D eigenvalue weighted by Gasteiger charge is 2.37. The van der Waals surface area contributed by atoms with Gasteiger partial charge in [-0.25, -0.2) is 13.4 Å². The summed E-state index contributed by atoms with van der Waals surface area (Å²) in [6.45, 7) is 4.05. The molecule has 3 aromatic carbocycles. The Morgan fingerprint density at radius 2 is 1.74 bits per heavy atom. The molecule has 0 radical (unpaired) electrons. The highest BCUT2D eigenvalue weighted by molar-refractivity contribution is 7.92. The Kier molecular flexibility index (Phi) is 9.27. The van der Waals surface area contributed by atoms with Crippen molar-refractivity contribution in [2.75, 3.05) is 24.3 Å². The third-order valence-corrected chi connectivity index (χ3v) is 9.43. The first-order valence-corrected chi connectivity index (χ1v) is 15.7. The van der Waals surface area contributed by atoms with Crippen molar-refractivity contribution in [2.24, 2.45) is 0 Å². The summed E-state index contributed by atoms with van der Waals surface area (Å²) >= 11 is 6.40. The summed E-state index contributed by atoms with van der Waals surface area (Å²) in [6, 6.07) is 22.9. The number of methoxy groups -OCH3 is 1. The summed E-state index contributed by atoms with van der Waals surface area (Å²) in [4.78, 5) is 9.02. The van der Waals surface area contributed by atoms with Crippen LogP contribution in [0, 0.1) is 0 Å². The molecule has 2 unspecified atom stereocenters. The third kappa shape index (κ3) is 7.19. The summed E-state index contributed by atoms with van der Waals surface area (Å²) < 4.78 is 37.2. The van der Waals surface area contributed by atoms with E-state index in [1.165, 1.54) is 11.8 Å². The van der Waals surface area contributed by atoms with Crippen LogP contribution in [0.3, 0.4) is 0 Å². The maximum absolute atomic E-state index is 12.9. The maximum atomic E-state index is 12.9. The molecule has 0 saturated carbocycles. The van der Waals surface area contributed by atoms with E-state index in [9.17, 15) is 8.42 Å². The number of nitrogens with one attached hydrogen (secondary N) is 3. The quantitative estimate of drug-likeness (QED) is 0.159. The molecule has 11 heteroatoms. The number of ether oxygens (including phenoxy) is 2. The van der Waals surface area contributed by atoms with Crippen molar-refractivity contribution in [3.8, 4) is 5.75 Å². The number of hydrogen-bond donors (Lipinski definition) is 3. The zero-order valence-corrected chi connectivity index (χ0v) is 25.2. The van der Waals surface area contributed by atoms with Gasteiger partial charge in [0, 0.05) is 13.0 Å². The van der Waals surface area contributed by atoms with Gasteiger partial charge in [-0.1, -0.05) is 60.1 Å². The molecule has 0 aliphatic carbocycles. The standard InChI is InChI=1S/C31H34ClN5O4S/c1-20(2)42(38,39)28-12-8-7-11-24(28)35-29-23(32)19-34-31(37-29)36-25-17-22(13-14-26(25)40-3)15-16-33-30-27(41-30)18-21-9-5-4-6-10-21/h4-14,17,19-20,27,30,33H,15-16,18H2,1-3H3,(H2,34,35,36,37). The number of halogens is 1. The largest absolute Gasteiger partial charge is 0.495 e. The molecule has 42 heavy (non-hydrogen) atoms. The van der Waals surface area contributed by atoms with E-state index in [0.717, 1.165) is 24.9 Å². The van der Waals surface area contributed by atoms with Gasteiger partial charge in [0.25, 0.3) is 0 Å². The van der Waals surface area contributed by atoms with E-state index in [4.69, 9.17) is 21.1 Å². The smallest absolute Gasteiger partial charge is 0.229 e. The second-order valence-corrected chi connectivity index (χ2v) is 13.1. The second-order valence-electron chi connectivity index (χ2n) is 10.3. The predicted octanol–water partition coefficient (Wildman–Crippen LogP) is 5.91. The Morgan fingerprint density at radius 3 is 2.50 bits per heavy atom. The minimum Gasteiger partial charge on any atom is -0.495 e. The maximum Gasteiger partial charge on any atom is 0.229 e. The minimum absolute atomic E-state index is 0.0649. The van der Waals surface area contributed by atoms with Crippen molar-refractivity contribution in [3.05, 3.63) is 95.1 Å². The highest BCUT2D eigenvalue weighted by atomic mass is 35.5. The van der Waals surface area contributed by atoms with Gasteiger partial charge in [0.2, 0.25) is 5.95 Å². The Bertz CT molecular complexity index is 1640. The van der Waals surface area contributed by atoms with Gasteiger partial charge in [0.1, 0.15) is 23.1 Å². The first-order valence-electron chi connectivity index (χ1n) is 13.7. The van der Waals surface area contributed by atoms with E-state index in [-0.39, 0.29) is 34.0 Å². The van der Waals surface area contributed by atoms with Crippen LogP contribution >= 0.6 is 11.6 Å². The van der Waals surface area contributed by atoms with Gasteiger partial charge in [-0.15, -0.1) is 0 Å².